The number of carbonyl (C=O) groups is 2. The molecule has 1 aromatic rings. The van der Waals surface area contributed by atoms with E-state index in [1.807, 2.05) is 0 Å². The molecule has 4 aliphatic rings. The second-order valence-electron chi connectivity index (χ2n) is 12.0. The third kappa shape index (κ3) is 4.24. The van der Waals surface area contributed by atoms with Gasteiger partial charge in [-0.05, 0) is 70.6 Å². The van der Waals surface area contributed by atoms with Crippen LogP contribution in [0.5, 0.6) is 5.75 Å². The zero-order valence-corrected chi connectivity index (χ0v) is 23.2. The van der Waals surface area contributed by atoms with Gasteiger partial charge in [0.15, 0.2) is 11.4 Å². The molecule has 10 heteroatoms. The van der Waals surface area contributed by atoms with Crippen molar-refractivity contribution in [2.45, 2.75) is 57.2 Å². The number of carbonyl (C=O) groups excluding carboxylic acids is 2. The number of aliphatic hydroxyl groups excluding tert-OH is 2. The monoisotopic (exact) mass is 555 g/mol. The zero-order chi connectivity index (χ0) is 29.3. The number of phenols is 1. The fourth-order valence-electron chi connectivity index (χ4n) is 7.09. The summed E-state index contributed by atoms with van der Waals surface area (Å²) in [5.41, 5.74) is 2.51. The highest BCUT2D eigenvalue weighted by Crippen LogP contribution is 2.54. The fourth-order valence-corrected chi connectivity index (χ4v) is 7.09. The van der Waals surface area contributed by atoms with E-state index in [2.05, 4.69) is 18.4 Å². The molecule has 0 radical (unpaired) electrons. The van der Waals surface area contributed by atoms with Crippen molar-refractivity contribution in [3.8, 4) is 5.75 Å². The maximum atomic E-state index is 16.1. The van der Waals surface area contributed by atoms with Gasteiger partial charge in [-0.15, -0.1) is 0 Å². The van der Waals surface area contributed by atoms with Crippen molar-refractivity contribution in [3.63, 3.8) is 0 Å². The first-order valence-corrected chi connectivity index (χ1v) is 13.9. The van der Waals surface area contributed by atoms with Crippen molar-refractivity contribution in [2.24, 2.45) is 23.5 Å². The Kier molecular flexibility index (Phi) is 7.09. The van der Waals surface area contributed by atoms with Crippen molar-refractivity contribution in [2.75, 3.05) is 27.2 Å². The molecule has 2 saturated carbocycles. The molecular formula is C30H38FN3O6. The number of halogens is 1. The largest absolute Gasteiger partial charge is 0.510 e. The molecule has 216 valence electrons. The molecule has 1 amide bonds. The first kappa shape index (κ1) is 28.3. The van der Waals surface area contributed by atoms with Crippen molar-refractivity contribution in [3.05, 3.63) is 57.6 Å². The lowest BCUT2D eigenvalue weighted by molar-refractivity contribution is -0.143. The van der Waals surface area contributed by atoms with E-state index in [4.69, 9.17) is 5.73 Å². The van der Waals surface area contributed by atoms with Crippen LogP contribution in [0.15, 0.2) is 35.1 Å². The van der Waals surface area contributed by atoms with Crippen molar-refractivity contribution < 1.29 is 34.4 Å². The highest BCUT2D eigenvalue weighted by molar-refractivity contribution is 6.13. The number of aliphatic hydroxyl groups is 3. The first-order chi connectivity index (χ1) is 18.8. The zero-order valence-electron chi connectivity index (χ0n) is 23.2. The number of aromatic hydroxyl groups is 1. The van der Waals surface area contributed by atoms with Gasteiger partial charge in [0.2, 0.25) is 0 Å². The third-order valence-corrected chi connectivity index (χ3v) is 9.06. The molecule has 0 spiro atoms. The number of nitrogens with zero attached hydrogens (tertiary/aromatic N) is 2. The molecule has 6 N–H and O–H groups in total. The van der Waals surface area contributed by atoms with Crippen LogP contribution < -0.4 is 5.73 Å². The van der Waals surface area contributed by atoms with Gasteiger partial charge in [-0.3, -0.25) is 19.4 Å². The normalized spacial score (nSPS) is 28.2. The minimum absolute atomic E-state index is 0.0104. The number of Topliss-reactive ketones (excluding diaryl/α,β-unsaturated/α-hetero) is 1. The average molecular weight is 556 g/mol. The number of benzene rings is 1. The van der Waals surface area contributed by atoms with E-state index in [-0.39, 0.29) is 40.9 Å². The topological polar surface area (TPSA) is 148 Å². The number of likely N-dealkylation sites (N-methyl/N-ethyl adjacent to an activating group) is 1. The minimum atomic E-state index is -2.35. The van der Waals surface area contributed by atoms with Gasteiger partial charge in [0.05, 0.1) is 17.2 Å². The standard InChI is InChI=1S/C30H38FN3O6/c1-5-8-34(12-15-6-7-15)13-17-11-20(35)23-18(24(17)31)9-16-10-19-25(33(3)4)27(37)21(29(32)39)14(2)30(19,40)28(38)22(16)26(23)36/h11,15-16,19,25,35-37,40H,2,5-10,12-13H2,1,3-4H3,(H2,32,39)/t16-,19-,25-,30-/m0/s1. The minimum Gasteiger partial charge on any atom is -0.510 e. The molecule has 0 heterocycles. The van der Waals surface area contributed by atoms with Crippen LogP contribution in [0.4, 0.5) is 4.39 Å². The Morgan fingerprint density at radius 3 is 2.50 bits per heavy atom. The first-order valence-electron chi connectivity index (χ1n) is 13.9. The van der Waals surface area contributed by atoms with E-state index >= 15 is 4.39 Å². The smallest absolute Gasteiger partial charge is 0.252 e. The Balaban J connectivity index is 1.59. The maximum absolute atomic E-state index is 16.1. The molecule has 0 bridgehead atoms. The maximum Gasteiger partial charge on any atom is 0.252 e. The van der Waals surface area contributed by atoms with Gasteiger partial charge in [0.1, 0.15) is 23.1 Å². The molecule has 5 rings (SSSR count). The number of primary amides is 1. The molecule has 0 unspecified atom stereocenters. The number of hydrogen-bond donors (Lipinski definition) is 5. The summed E-state index contributed by atoms with van der Waals surface area (Å²) in [7, 11) is 3.26. The number of phenolic OH excluding ortho intramolecular Hbond substituents is 1. The van der Waals surface area contributed by atoms with Crippen LogP contribution >= 0.6 is 0 Å². The highest BCUT2D eigenvalue weighted by atomic mass is 19.1. The number of ketones is 1. The molecule has 0 aliphatic heterocycles. The third-order valence-electron chi connectivity index (χ3n) is 9.06. The van der Waals surface area contributed by atoms with Crippen LogP contribution in [0, 0.1) is 23.6 Å². The van der Waals surface area contributed by atoms with Gasteiger partial charge in [-0.1, -0.05) is 13.5 Å². The summed E-state index contributed by atoms with van der Waals surface area (Å²) >= 11 is 0. The molecule has 9 nitrogen and oxygen atoms in total. The molecule has 1 aromatic carbocycles. The van der Waals surface area contributed by atoms with Gasteiger partial charge < -0.3 is 26.2 Å². The van der Waals surface area contributed by atoms with Crippen LogP contribution in [0.1, 0.15) is 49.3 Å². The highest BCUT2D eigenvalue weighted by Gasteiger charge is 2.62. The lowest BCUT2D eigenvalue weighted by atomic mass is 9.56. The van der Waals surface area contributed by atoms with Crippen LogP contribution in [-0.2, 0) is 22.6 Å². The van der Waals surface area contributed by atoms with Crippen molar-refractivity contribution in [1.82, 2.24) is 9.80 Å². The second-order valence-corrected chi connectivity index (χ2v) is 12.0. The number of fused-ring (bicyclic) bond motifs is 3. The van der Waals surface area contributed by atoms with E-state index < -0.39 is 58.1 Å². The number of rotatable bonds is 8. The average Bonchev–Trinajstić information content (AvgIpc) is 3.68. The van der Waals surface area contributed by atoms with Crippen molar-refractivity contribution in [1.29, 1.82) is 0 Å². The Morgan fingerprint density at radius 2 is 1.93 bits per heavy atom. The van der Waals surface area contributed by atoms with Crippen LogP contribution in [0.25, 0.3) is 5.76 Å². The lowest BCUT2D eigenvalue weighted by Gasteiger charge is -2.52. The number of amides is 1. The Bertz CT molecular complexity index is 1360. The SMILES string of the molecule is C=C1C(C(N)=O)=C(O)[C@@H](N(C)C)[C@@H]2C[C@@H]3Cc4c(F)c(CN(CCC)CC5CC5)cc(O)c4C(O)=C3C(=O)[C@]12O. The molecule has 2 fully saturated rings. The molecule has 4 aliphatic carbocycles. The molecule has 4 atom stereocenters. The predicted molar refractivity (Wildman–Crippen MR) is 147 cm³/mol. The van der Waals surface area contributed by atoms with Crippen LogP contribution in [0.3, 0.4) is 0 Å². The molecular weight excluding hydrogens is 517 g/mol. The summed E-state index contributed by atoms with van der Waals surface area (Å²) in [6.45, 7) is 7.79. The van der Waals surface area contributed by atoms with Crippen molar-refractivity contribution >= 4 is 17.4 Å². The van der Waals surface area contributed by atoms with E-state index in [0.29, 0.717) is 18.0 Å². The van der Waals surface area contributed by atoms with Crippen LogP contribution in [-0.4, -0.2) is 80.7 Å². The summed E-state index contributed by atoms with van der Waals surface area (Å²) in [4.78, 5) is 30.0. The van der Waals surface area contributed by atoms with Gasteiger partial charge >= 0.3 is 0 Å². The predicted octanol–water partition coefficient (Wildman–Crippen LogP) is 2.71. The van der Waals surface area contributed by atoms with E-state index in [9.17, 15) is 30.0 Å². The summed E-state index contributed by atoms with van der Waals surface area (Å²) in [6, 6.07) is 0.348. The van der Waals surface area contributed by atoms with Gasteiger partial charge in [-0.2, -0.15) is 0 Å². The Labute approximate surface area is 233 Å². The van der Waals surface area contributed by atoms with E-state index in [1.54, 1.807) is 19.0 Å². The molecule has 0 saturated heterocycles. The summed E-state index contributed by atoms with van der Waals surface area (Å²) in [5, 5.41) is 45.2. The molecule has 40 heavy (non-hydrogen) atoms. The van der Waals surface area contributed by atoms with Gasteiger partial charge in [-0.25, -0.2) is 4.39 Å². The van der Waals surface area contributed by atoms with Gasteiger partial charge in [0.25, 0.3) is 5.91 Å². The summed E-state index contributed by atoms with van der Waals surface area (Å²) in [5.74, 6) is -4.85. The van der Waals surface area contributed by atoms with E-state index in [0.717, 1.165) is 32.4 Å². The van der Waals surface area contributed by atoms with Gasteiger partial charge in [0, 0.05) is 41.3 Å². The van der Waals surface area contributed by atoms with E-state index in [1.165, 1.54) is 6.07 Å². The number of nitrogens with two attached hydrogens (primary N) is 1. The second kappa shape index (κ2) is 10.0. The summed E-state index contributed by atoms with van der Waals surface area (Å²) in [6.07, 6.45) is 3.32. The Hall–Kier alpha value is -3.21. The quantitative estimate of drug-likeness (QED) is 0.329. The lowest BCUT2D eigenvalue weighted by Crippen LogP contribution is -2.63. The number of hydrogen-bond acceptors (Lipinski definition) is 8. The van der Waals surface area contributed by atoms with Crippen LogP contribution in [0.2, 0.25) is 0 Å². The fraction of sp³-hybridized carbons (Fsp3) is 0.533. The summed E-state index contributed by atoms with van der Waals surface area (Å²) < 4.78 is 16.1. The Morgan fingerprint density at radius 1 is 1.25 bits per heavy atom. The molecule has 0 aromatic heterocycles.